The molecule has 0 radical (unpaired) electrons. The monoisotopic (exact) mass is 429 g/mol. The molecule has 0 aliphatic carbocycles. The first kappa shape index (κ1) is 22.3. The maximum Gasteiger partial charge on any atom is 0.265 e. The van der Waals surface area contributed by atoms with Crippen molar-refractivity contribution < 1.29 is 14.3 Å². The van der Waals surface area contributed by atoms with E-state index in [4.69, 9.17) is 4.74 Å². The first-order chi connectivity index (χ1) is 14.4. The lowest BCUT2D eigenvalue weighted by Crippen LogP contribution is -2.50. The molecule has 2 amide bonds. The van der Waals surface area contributed by atoms with Gasteiger partial charge in [0.25, 0.3) is 5.91 Å². The van der Waals surface area contributed by atoms with Crippen LogP contribution in [0.15, 0.2) is 24.3 Å². The lowest BCUT2D eigenvalue weighted by molar-refractivity contribution is -0.132. The van der Waals surface area contributed by atoms with Gasteiger partial charge in [-0.3, -0.25) is 9.59 Å². The van der Waals surface area contributed by atoms with Crippen LogP contribution in [0.5, 0.6) is 5.75 Å². The van der Waals surface area contributed by atoms with Gasteiger partial charge in [0.1, 0.15) is 10.6 Å². The minimum atomic E-state index is 0.0466. The molecule has 0 unspecified atom stereocenters. The summed E-state index contributed by atoms with van der Waals surface area (Å²) in [5.41, 5.74) is 1.94. The smallest absolute Gasteiger partial charge is 0.265 e. The van der Waals surface area contributed by atoms with Gasteiger partial charge in [-0.2, -0.15) is 0 Å². The molecule has 0 bridgehead atoms. The molecule has 1 aliphatic heterocycles. The Morgan fingerprint density at radius 2 is 1.73 bits per heavy atom. The summed E-state index contributed by atoms with van der Waals surface area (Å²) >= 11 is 1.51. The molecule has 7 heteroatoms. The van der Waals surface area contributed by atoms with Crippen LogP contribution in [0.3, 0.4) is 0 Å². The van der Waals surface area contributed by atoms with E-state index < -0.39 is 0 Å². The number of piperazine rings is 1. The van der Waals surface area contributed by atoms with Crippen LogP contribution in [0.4, 0.5) is 0 Å². The molecule has 30 heavy (non-hydrogen) atoms. The molecule has 1 aromatic heterocycles. The average molecular weight is 430 g/mol. The van der Waals surface area contributed by atoms with Gasteiger partial charge < -0.3 is 14.5 Å². The number of carbonyl (C=O) groups is 2. The first-order valence-electron chi connectivity index (χ1n) is 10.5. The Morgan fingerprint density at radius 3 is 2.33 bits per heavy atom. The Bertz CT molecular complexity index is 868. The van der Waals surface area contributed by atoms with Crippen molar-refractivity contribution in [2.45, 2.75) is 40.0 Å². The molecule has 2 aromatic rings. The van der Waals surface area contributed by atoms with E-state index >= 15 is 0 Å². The molecule has 1 aromatic carbocycles. The van der Waals surface area contributed by atoms with Gasteiger partial charge in [0.15, 0.2) is 0 Å². The largest absolute Gasteiger partial charge is 0.497 e. The molecule has 3 rings (SSSR count). The van der Waals surface area contributed by atoms with Crippen molar-refractivity contribution in [3.63, 3.8) is 0 Å². The van der Waals surface area contributed by atoms with E-state index in [2.05, 4.69) is 18.8 Å². The second-order valence-electron chi connectivity index (χ2n) is 8.14. The molecule has 1 saturated heterocycles. The van der Waals surface area contributed by atoms with Crippen molar-refractivity contribution in [3.05, 3.63) is 45.4 Å². The Balaban J connectivity index is 1.49. The topological polar surface area (TPSA) is 62.7 Å². The van der Waals surface area contributed by atoms with Gasteiger partial charge >= 0.3 is 0 Å². The quantitative estimate of drug-likeness (QED) is 0.675. The number of carbonyl (C=O) groups excluding carboxylic acids is 2. The van der Waals surface area contributed by atoms with Gasteiger partial charge in [-0.15, -0.1) is 11.3 Å². The number of rotatable bonds is 7. The fraction of sp³-hybridized carbons (Fsp3) is 0.522. The summed E-state index contributed by atoms with van der Waals surface area (Å²) in [6.07, 6.45) is 2.09. The maximum atomic E-state index is 12.9. The average Bonchev–Trinajstić information content (AvgIpc) is 3.11. The third-order valence-electron chi connectivity index (χ3n) is 5.32. The zero-order chi connectivity index (χ0) is 21.7. The van der Waals surface area contributed by atoms with E-state index in [1.807, 2.05) is 41.0 Å². The van der Waals surface area contributed by atoms with Crippen LogP contribution in [0.2, 0.25) is 0 Å². The zero-order valence-electron chi connectivity index (χ0n) is 18.3. The fourth-order valence-electron chi connectivity index (χ4n) is 3.59. The van der Waals surface area contributed by atoms with Crippen LogP contribution in [0.25, 0.3) is 0 Å². The molecule has 0 N–H and O–H groups in total. The number of aryl methyl sites for hydroxylation is 2. The number of methoxy groups -OCH3 is 1. The van der Waals surface area contributed by atoms with Crippen molar-refractivity contribution in [2.24, 2.45) is 5.92 Å². The molecular formula is C23H31N3O3S. The summed E-state index contributed by atoms with van der Waals surface area (Å²) in [6, 6.07) is 7.82. The number of hydrogen-bond acceptors (Lipinski definition) is 5. The zero-order valence-corrected chi connectivity index (χ0v) is 19.1. The normalized spacial score (nSPS) is 14.3. The third-order valence-corrected chi connectivity index (χ3v) is 6.49. The van der Waals surface area contributed by atoms with Crippen LogP contribution in [-0.2, 0) is 17.6 Å². The predicted molar refractivity (Wildman–Crippen MR) is 119 cm³/mol. The number of benzene rings is 1. The van der Waals surface area contributed by atoms with Crippen LogP contribution in [-0.4, -0.2) is 59.9 Å². The lowest BCUT2D eigenvalue weighted by atomic mass is 10.1. The number of amides is 2. The van der Waals surface area contributed by atoms with Gasteiger partial charge in [0, 0.05) is 39.0 Å². The number of hydrogen-bond donors (Lipinski definition) is 0. The number of aromatic nitrogens is 1. The lowest BCUT2D eigenvalue weighted by Gasteiger charge is -2.34. The Kier molecular flexibility index (Phi) is 7.48. The molecule has 1 fully saturated rings. The second kappa shape index (κ2) is 10.1. The summed E-state index contributed by atoms with van der Waals surface area (Å²) in [5, 5.41) is 1.03. The summed E-state index contributed by atoms with van der Waals surface area (Å²) in [5.74, 6) is 1.53. The van der Waals surface area contributed by atoms with Crippen LogP contribution in [0.1, 0.15) is 46.2 Å². The molecule has 0 spiro atoms. The van der Waals surface area contributed by atoms with Gasteiger partial charge in [0.05, 0.1) is 17.8 Å². The van der Waals surface area contributed by atoms with Gasteiger partial charge in [-0.05, 0) is 37.0 Å². The van der Waals surface area contributed by atoms with Crippen molar-refractivity contribution in [3.8, 4) is 5.75 Å². The highest BCUT2D eigenvalue weighted by Gasteiger charge is 2.27. The Labute approximate surface area is 182 Å². The first-order valence-corrected chi connectivity index (χ1v) is 11.3. The van der Waals surface area contributed by atoms with Gasteiger partial charge in [0.2, 0.25) is 5.91 Å². The van der Waals surface area contributed by atoms with E-state index in [0.29, 0.717) is 44.9 Å². The highest BCUT2D eigenvalue weighted by Crippen LogP contribution is 2.23. The molecular weight excluding hydrogens is 398 g/mol. The van der Waals surface area contributed by atoms with E-state index in [0.717, 1.165) is 33.3 Å². The minimum Gasteiger partial charge on any atom is -0.497 e. The highest BCUT2D eigenvalue weighted by atomic mass is 32.1. The van der Waals surface area contributed by atoms with Crippen molar-refractivity contribution >= 4 is 23.2 Å². The van der Waals surface area contributed by atoms with E-state index in [9.17, 15) is 9.59 Å². The highest BCUT2D eigenvalue weighted by molar-refractivity contribution is 7.13. The standard InChI is InChI=1S/C23H31N3O3S/c1-16(2)15-20-24-17(3)22(30-20)23(28)26-13-11-25(12-14-26)21(27)10-7-18-5-8-19(29-4)9-6-18/h5-6,8-9,16H,7,10-15H2,1-4H3. The predicted octanol–water partition coefficient (Wildman–Crippen LogP) is 3.58. The minimum absolute atomic E-state index is 0.0466. The summed E-state index contributed by atoms with van der Waals surface area (Å²) in [4.78, 5) is 34.6. The molecule has 2 heterocycles. The van der Waals surface area contributed by atoms with Crippen molar-refractivity contribution in [1.29, 1.82) is 0 Å². The van der Waals surface area contributed by atoms with Crippen LogP contribution in [0, 0.1) is 12.8 Å². The van der Waals surface area contributed by atoms with E-state index in [1.165, 1.54) is 11.3 Å². The third kappa shape index (κ3) is 5.59. The Morgan fingerprint density at radius 1 is 1.10 bits per heavy atom. The molecule has 0 atom stereocenters. The molecule has 162 valence electrons. The number of ether oxygens (including phenoxy) is 1. The van der Waals surface area contributed by atoms with E-state index in [1.54, 1.807) is 7.11 Å². The fourth-order valence-corrected chi connectivity index (χ4v) is 4.84. The van der Waals surface area contributed by atoms with Crippen LogP contribution >= 0.6 is 11.3 Å². The number of nitrogens with zero attached hydrogens (tertiary/aromatic N) is 3. The maximum absolute atomic E-state index is 12.9. The molecule has 6 nitrogen and oxygen atoms in total. The Hall–Kier alpha value is -2.41. The van der Waals surface area contributed by atoms with Gasteiger partial charge in [-0.25, -0.2) is 4.98 Å². The van der Waals surface area contributed by atoms with E-state index in [-0.39, 0.29) is 11.8 Å². The summed E-state index contributed by atoms with van der Waals surface area (Å²) in [6.45, 7) is 8.54. The van der Waals surface area contributed by atoms with Crippen molar-refractivity contribution in [2.75, 3.05) is 33.3 Å². The second-order valence-corrected chi connectivity index (χ2v) is 9.22. The van der Waals surface area contributed by atoms with Crippen molar-refractivity contribution in [1.82, 2.24) is 14.8 Å². The summed E-state index contributed by atoms with van der Waals surface area (Å²) in [7, 11) is 1.64. The summed E-state index contributed by atoms with van der Waals surface area (Å²) < 4.78 is 5.17. The SMILES string of the molecule is COc1ccc(CCC(=O)N2CCN(C(=O)c3sc(CC(C)C)nc3C)CC2)cc1. The number of thiazole rings is 1. The molecule has 0 saturated carbocycles. The van der Waals surface area contributed by atoms with Gasteiger partial charge in [-0.1, -0.05) is 26.0 Å². The van der Waals surface area contributed by atoms with Crippen LogP contribution < -0.4 is 4.74 Å². The molecule has 1 aliphatic rings.